The fraction of sp³-hybridized carbons (Fsp3) is 0.273. The lowest BCUT2D eigenvalue weighted by molar-refractivity contribution is 0.412. The summed E-state index contributed by atoms with van der Waals surface area (Å²) in [6, 6.07) is 2.89. The van der Waals surface area contributed by atoms with Crippen LogP contribution in [0.15, 0.2) is 34.0 Å². The van der Waals surface area contributed by atoms with Gasteiger partial charge >= 0.3 is 0 Å². The average molecular weight is 282 g/mol. The summed E-state index contributed by atoms with van der Waals surface area (Å²) in [4.78, 5) is 8.09. The second-order valence-corrected chi connectivity index (χ2v) is 5.60. The van der Waals surface area contributed by atoms with Gasteiger partial charge in [0.25, 0.3) is 10.0 Å². The highest BCUT2D eigenvalue weighted by Gasteiger charge is 2.18. The maximum Gasteiger partial charge on any atom is 0.274 e. The van der Waals surface area contributed by atoms with Crippen LogP contribution in [-0.2, 0) is 23.1 Å². The minimum atomic E-state index is -3.70. The molecule has 0 amide bonds. The number of nitrogens with one attached hydrogen (secondary N) is 1. The molecule has 2 aromatic heterocycles. The molecular formula is C11H14N4O3S. The molecule has 0 fully saturated rings. The molecule has 0 aromatic carbocycles. The third-order valence-electron chi connectivity index (χ3n) is 2.38. The first-order chi connectivity index (χ1) is 9.01. The number of nitrogens with two attached hydrogens (primary N) is 1. The minimum absolute atomic E-state index is 0.0499. The molecular weight excluding hydrogens is 268 g/mol. The second-order valence-electron chi connectivity index (χ2n) is 3.90. The van der Waals surface area contributed by atoms with Gasteiger partial charge in [-0.2, -0.15) is 0 Å². The maximum atomic E-state index is 11.9. The van der Waals surface area contributed by atoms with Gasteiger partial charge in [0.05, 0.1) is 30.7 Å². The van der Waals surface area contributed by atoms with E-state index in [1.165, 1.54) is 18.3 Å². The molecule has 0 radical (unpaired) electrons. The molecule has 0 atom stereocenters. The fourth-order valence-electron chi connectivity index (χ4n) is 1.36. The standard InChI is InChI=1S/C11H14N4O3S/c1-8-5-14-9(6-13-8)7-15-19(16,17)11-3-2-10(4-12)18-11/h2-3,5-6,15H,4,7,12H2,1H3. The summed E-state index contributed by atoms with van der Waals surface area (Å²) in [7, 11) is -3.70. The first-order valence-corrected chi connectivity index (χ1v) is 7.05. The van der Waals surface area contributed by atoms with Gasteiger partial charge in [0.15, 0.2) is 0 Å². The summed E-state index contributed by atoms with van der Waals surface area (Å²) < 4.78 is 31.3. The van der Waals surface area contributed by atoms with Crippen molar-refractivity contribution < 1.29 is 12.8 Å². The Labute approximate surface area is 110 Å². The molecule has 0 saturated carbocycles. The van der Waals surface area contributed by atoms with Crippen molar-refractivity contribution >= 4 is 10.0 Å². The summed E-state index contributed by atoms with van der Waals surface area (Å²) in [5.41, 5.74) is 6.65. The van der Waals surface area contributed by atoms with E-state index in [2.05, 4.69) is 14.7 Å². The van der Waals surface area contributed by atoms with Gasteiger partial charge in [-0.25, -0.2) is 13.1 Å². The number of aryl methyl sites for hydroxylation is 1. The quantitative estimate of drug-likeness (QED) is 0.816. The average Bonchev–Trinajstić information content (AvgIpc) is 2.88. The first kappa shape index (κ1) is 13.7. The summed E-state index contributed by atoms with van der Waals surface area (Å²) in [6.07, 6.45) is 3.09. The van der Waals surface area contributed by atoms with Crippen molar-refractivity contribution in [3.05, 3.63) is 41.7 Å². The minimum Gasteiger partial charge on any atom is -0.447 e. The van der Waals surface area contributed by atoms with Crippen molar-refractivity contribution in [1.82, 2.24) is 14.7 Å². The van der Waals surface area contributed by atoms with Crippen LogP contribution in [0.2, 0.25) is 0 Å². The molecule has 0 unspecified atom stereocenters. The van der Waals surface area contributed by atoms with Gasteiger partial charge < -0.3 is 10.2 Å². The zero-order valence-electron chi connectivity index (χ0n) is 10.3. The van der Waals surface area contributed by atoms with E-state index >= 15 is 0 Å². The number of nitrogens with zero attached hydrogens (tertiary/aromatic N) is 2. The largest absolute Gasteiger partial charge is 0.447 e. The number of sulfonamides is 1. The molecule has 2 rings (SSSR count). The van der Waals surface area contributed by atoms with Gasteiger partial charge in [-0.1, -0.05) is 0 Å². The molecule has 0 aliphatic heterocycles. The van der Waals surface area contributed by atoms with Crippen molar-refractivity contribution in [1.29, 1.82) is 0 Å². The van der Waals surface area contributed by atoms with Crippen LogP contribution in [0.1, 0.15) is 17.1 Å². The Kier molecular flexibility index (Phi) is 3.93. The number of hydrogen-bond acceptors (Lipinski definition) is 6. The highest BCUT2D eigenvalue weighted by molar-refractivity contribution is 7.89. The van der Waals surface area contributed by atoms with E-state index in [1.54, 1.807) is 13.1 Å². The summed E-state index contributed by atoms with van der Waals surface area (Å²) in [5, 5.41) is -0.159. The van der Waals surface area contributed by atoms with E-state index in [9.17, 15) is 8.42 Å². The molecule has 2 heterocycles. The third kappa shape index (κ3) is 3.37. The summed E-state index contributed by atoms with van der Waals surface area (Å²) in [6.45, 7) is 2.01. The summed E-state index contributed by atoms with van der Waals surface area (Å²) >= 11 is 0. The van der Waals surface area contributed by atoms with E-state index in [0.29, 0.717) is 11.5 Å². The second kappa shape index (κ2) is 5.47. The Bertz CT molecular complexity index is 649. The van der Waals surface area contributed by atoms with Crippen LogP contribution in [0.5, 0.6) is 0 Å². The number of aromatic nitrogens is 2. The highest BCUT2D eigenvalue weighted by Crippen LogP contribution is 2.13. The first-order valence-electron chi connectivity index (χ1n) is 5.57. The maximum absolute atomic E-state index is 11.9. The lowest BCUT2D eigenvalue weighted by Gasteiger charge is -2.03. The predicted molar refractivity (Wildman–Crippen MR) is 67.4 cm³/mol. The zero-order valence-corrected chi connectivity index (χ0v) is 11.1. The molecule has 7 nitrogen and oxygen atoms in total. The highest BCUT2D eigenvalue weighted by atomic mass is 32.2. The molecule has 0 aliphatic carbocycles. The molecule has 102 valence electrons. The van der Waals surface area contributed by atoms with E-state index in [4.69, 9.17) is 10.2 Å². The van der Waals surface area contributed by atoms with Crippen molar-refractivity contribution in [3.8, 4) is 0 Å². The Hall–Kier alpha value is -1.77. The Morgan fingerprint density at radius 2 is 2.11 bits per heavy atom. The van der Waals surface area contributed by atoms with Crippen molar-refractivity contribution in [2.45, 2.75) is 25.1 Å². The predicted octanol–water partition coefficient (Wildman–Crippen LogP) is 0.315. The number of hydrogen-bond donors (Lipinski definition) is 2. The Morgan fingerprint density at radius 3 is 2.68 bits per heavy atom. The van der Waals surface area contributed by atoms with E-state index in [-0.39, 0.29) is 18.2 Å². The van der Waals surface area contributed by atoms with Crippen LogP contribution in [0, 0.1) is 6.92 Å². The normalized spacial score (nSPS) is 11.7. The molecule has 8 heteroatoms. The van der Waals surface area contributed by atoms with Gasteiger partial charge in [-0.3, -0.25) is 9.97 Å². The van der Waals surface area contributed by atoms with Gasteiger partial charge in [-0.15, -0.1) is 0 Å². The van der Waals surface area contributed by atoms with E-state index in [0.717, 1.165) is 5.69 Å². The van der Waals surface area contributed by atoms with Gasteiger partial charge in [0, 0.05) is 6.20 Å². The smallest absolute Gasteiger partial charge is 0.274 e. The molecule has 0 saturated heterocycles. The molecule has 3 N–H and O–H groups in total. The van der Waals surface area contributed by atoms with Crippen LogP contribution < -0.4 is 10.5 Å². The van der Waals surface area contributed by atoms with E-state index in [1.807, 2.05) is 0 Å². The van der Waals surface area contributed by atoms with Gasteiger partial charge in [-0.05, 0) is 19.1 Å². The van der Waals surface area contributed by atoms with Crippen molar-refractivity contribution in [2.24, 2.45) is 5.73 Å². The van der Waals surface area contributed by atoms with Crippen LogP contribution in [0.4, 0.5) is 0 Å². The SMILES string of the molecule is Cc1cnc(CNS(=O)(=O)c2ccc(CN)o2)cn1. The number of furan rings is 1. The van der Waals surface area contributed by atoms with Crippen LogP contribution in [0.3, 0.4) is 0 Å². The topological polar surface area (TPSA) is 111 Å². The molecule has 0 bridgehead atoms. The third-order valence-corrected chi connectivity index (χ3v) is 3.65. The number of rotatable bonds is 5. The lowest BCUT2D eigenvalue weighted by atomic mass is 10.4. The molecule has 19 heavy (non-hydrogen) atoms. The van der Waals surface area contributed by atoms with Crippen LogP contribution >= 0.6 is 0 Å². The van der Waals surface area contributed by atoms with Crippen molar-refractivity contribution in [3.63, 3.8) is 0 Å². The monoisotopic (exact) mass is 282 g/mol. The summed E-state index contributed by atoms with van der Waals surface area (Å²) in [5.74, 6) is 0.413. The van der Waals surface area contributed by atoms with Crippen LogP contribution in [-0.4, -0.2) is 18.4 Å². The van der Waals surface area contributed by atoms with Gasteiger partial charge in [0.1, 0.15) is 5.76 Å². The zero-order chi connectivity index (χ0) is 13.9. The van der Waals surface area contributed by atoms with Crippen molar-refractivity contribution in [2.75, 3.05) is 0 Å². The molecule has 0 spiro atoms. The molecule has 2 aromatic rings. The van der Waals surface area contributed by atoms with E-state index < -0.39 is 10.0 Å². The fourth-order valence-corrected chi connectivity index (χ4v) is 2.31. The van der Waals surface area contributed by atoms with Crippen LogP contribution in [0.25, 0.3) is 0 Å². The lowest BCUT2D eigenvalue weighted by Crippen LogP contribution is -2.23. The Balaban J connectivity index is 2.07. The Morgan fingerprint density at radius 1 is 1.32 bits per heavy atom. The molecule has 0 aliphatic rings. The van der Waals surface area contributed by atoms with Gasteiger partial charge in [0.2, 0.25) is 5.09 Å².